The van der Waals surface area contributed by atoms with E-state index in [0.29, 0.717) is 11.7 Å². The van der Waals surface area contributed by atoms with Crippen LogP contribution in [-0.2, 0) is 11.3 Å². The zero-order valence-corrected chi connectivity index (χ0v) is 9.90. The minimum Gasteiger partial charge on any atom is -0.480 e. The Hall–Kier alpha value is -1.73. The predicted molar refractivity (Wildman–Crippen MR) is 61.5 cm³/mol. The van der Waals surface area contributed by atoms with E-state index in [1.165, 1.54) is 0 Å². The molecule has 0 aliphatic heterocycles. The summed E-state index contributed by atoms with van der Waals surface area (Å²) in [5.74, 6) is -0.0205. The maximum atomic E-state index is 10.6. The molecule has 0 amide bonds. The second-order valence-corrected chi connectivity index (χ2v) is 4.24. The van der Waals surface area contributed by atoms with E-state index in [-0.39, 0.29) is 6.54 Å². The van der Waals surface area contributed by atoms with E-state index in [1.807, 2.05) is 16.8 Å². The molecule has 0 fully saturated rings. The summed E-state index contributed by atoms with van der Waals surface area (Å²) < 4.78 is 5.01. The highest BCUT2D eigenvalue weighted by Gasteiger charge is 2.13. The van der Waals surface area contributed by atoms with Crippen LogP contribution in [0.3, 0.4) is 0 Å². The molecule has 2 N–H and O–H groups in total. The summed E-state index contributed by atoms with van der Waals surface area (Å²) >= 11 is 1.55. The minimum atomic E-state index is -0.914. The molecule has 0 radical (unpaired) electrons. The number of carboxylic acids is 1. The smallest absolute Gasteiger partial charge is 0.320 e. The van der Waals surface area contributed by atoms with Crippen LogP contribution in [-0.4, -0.2) is 27.3 Å². The first-order valence-electron chi connectivity index (χ1n) is 4.98. The quantitative estimate of drug-likeness (QED) is 0.836. The van der Waals surface area contributed by atoms with E-state index in [2.05, 4.69) is 15.5 Å². The van der Waals surface area contributed by atoms with Crippen molar-refractivity contribution in [1.29, 1.82) is 0 Å². The summed E-state index contributed by atoms with van der Waals surface area (Å²) in [6.45, 7) is 1.79. The van der Waals surface area contributed by atoms with Gasteiger partial charge in [-0.15, -0.1) is 0 Å². The molecule has 90 valence electrons. The normalized spacial score (nSPS) is 12.5. The van der Waals surface area contributed by atoms with Crippen molar-refractivity contribution in [2.24, 2.45) is 0 Å². The van der Waals surface area contributed by atoms with Crippen molar-refractivity contribution in [2.75, 3.05) is 0 Å². The zero-order valence-electron chi connectivity index (χ0n) is 9.08. The van der Waals surface area contributed by atoms with Crippen LogP contribution in [0.5, 0.6) is 0 Å². The van der Waals surface area contributed by atoms with Crippen LogP contribution in [0, 0.1) is 0 Å². The molecule has 0 aromatic carbocycles. The van der Waals surface area contributed by atoms with Crippen molar-refractivity contribution < 1.29 is 14.4 Å². The van der Waals surface area contributed by atoms with Crippen molar-refractivity contribution in [3.63, 3.8) is 0 Å². The monoisotopic (exact) mass is 253 g/mol. The van der Waals surface area contributed by atoms with Gasteiger partial charge in [0.25, 0.3) is 0 Å². The summed E-state index contributed by atoms with van der Waals surface area (Å²) in [7, 11) is 0. The Morgan fingerprint density at radius 1 is 1.71 bits per heavy atom. The van der Waals surface area contributed by atoms with E-state index >= 15 is 0 Å². The molecular formula is C10H11N3O3S. The van der Waals surface area contributed by atoms with Gasteiger partial charge in [-0.25, -0.2) is 0 Å². The molecule has 0 saturated heterocycles. The van der Waals surface area contributed by atoms with E-state index in [0.717, 1.165) is 5.56 Å². The lowest BCUT2D eigenvalue weighted by Gasteiger charge is -2.04. The molecule has 2 rings (SSSR count). The fraction of sp³-hybridized carbons (Fsp3) is 0.300. The van der Waals surface area contributed by atoms with Crippen molar-refractivity contribution in [2.45, 2.75) is 19.5 Å². The molecule has 0 unspecified atom stereocenters. The average molecular weight is 253 g/mol. The second-order valence-electron chi connectivity index (χ2n) is 3.46. The van der Waals surface area contributed by atoms with Gasteiger partial charge in [0.2, 0.25) is 11.7 Å². The van der Waals surface area contributed by atoms with Crippen molar-refractivity contribution >= 4 is 17.3 Å². The maximum absolute atomic E-state index is 10.6. The molecule has 0 aliphatic carbocycles. The molecule has 1 atom stereocenters. The Kier molecular flexibility index (Phi) is 3.50. The van der Waals surface area contributed by atoms with Gasteiger partial charge in [-0.3, -0.25) is 10.1 Å². The third-order valence-corrected chi connectivity index (χ3v) is 2.86. The van der Waals surface area contributed by atoms with E-state index in [9.17, 15) is 4.79 Å². The standard InChI is InChI=1S/C10H11N3O3S/c1-6(10(14)15)11-4-8-12-9(13-16-8)7-2-3-17-5-7/h2-3,5-6,11H,4H2,1H3,(H,14,15)/t6-/m0/s1. The molecule has 17 heavy (non-hydrogen) atoms. The third kappa shape index (κ3) is 2.89. The fourth-order valence-electron chi connectivity index (χ4n) is 1.16. The zero-order chi connectivity index (χ0) is 12.3. The van der Waals surface area contributed by atoms with Gasteiger partial charge in [-0.1, -0.05) is 5.16 Å². The van der Waals surface area contributed by atoms with Gasteiger partial charge in [0.05, 0.1) is 6.54 Å². The van der Waals surface area contributed by atoms with Crippen molar-refractivity contribution in [1.82, 2.24) is 15.5 Å². The summed E-state index contributed by atoms with van der Waals surface area (Å²) in [6, 6.07) is 1.25. The number of carbonyl (C=O) groups is 1. The Balaban J connectivity index is 1.97. The summed E-state index contributed by atoms with van der Waals surface area (Å²) in [5, 5.41) is 19.1. The topological polar surface area (TPSA) is 88.3 Å². The number of thiophene rings is 1. The van der Waals surface area contributed by atoms with E-state index < -0.39 is 12.0 Å². The average Bonchev–Trinajstić information content (AvgIpc) is 2.95. The Bertz CT molecular complexity index is 495. The molecule has 0 spiro atoms. The molecule has 0 saturated carbocycles. The first kappa shape index (κ1) is 11.7. The van der Waals surface area contributed by atoms with E-state index in [4.69, 9.17) is 9.63 Å². The van der Waals surface area contributed by atoms with Gasteiger partial charge in [-0.2, -0.15) is 16.3 Å². The molecule has 0 aliphatic rings. The molecular weight excluding hydrogens is 242 g/mol. The summed E-state index contributed by atoms with van der Waals surface area (Å²) in [5.41, 5.74) is 0.899. The van der Waals surface area contributed by atoms with Crippen molar-refractivity contribution in [3.05, 3.63) is 22.7 Å². The van der Waals surface area contributed by atoms with Crippen LogP contribution in [0.15, 0.2) is 21.3 Å². The maximum Gasteiger partial charge on any atom is 0.320 e. The van der Waals surface area contributed by atoms with Gasteiger partial charge in [0, 0.05) is 10.9 Å². The van der Waals surface area contributed by atoms with Crippen LogP contribution in [0.4, 0.5) is 0 Å². The van der Waals surface area contributed by atoms with E-state index in [1.54, 1.807) is 18.3 Å². The first-order valence-corrected chi connectivity index (χ1v) is 5.92. The van der Waals surface area contributed by atoms with Gasteiger partial charge in [-0.05, 0) is 18.4 Å². The van der Waals surface area contributed by atoms with Crippen LogP contribution in [0.1, 0.15) is 12.8 Å². The Morgan fingerprint density at radius 3 is 3.18 bits per heavy atom. The van der Waals surface area contributed by atoms with Crippen LogP contribution < -0.4 is 5.32 Å². The number of hydrogen-bond acceptors (Lipinski definition) is 6. The number of aliphatic carboxylic acids is 1. The lowest BCUT2D eigenvalue weighted by Crippen LogP contribution is -2.33. The third-order valence-electron chi connectivity index (χ3n) is 2.18. The summed E-state index contributed by atoms with van der Waals surface area (Å²) in [4.78, 5) is 14.7. The SMILES string of the molecule is C[C@H](NCc1nc(-c2ccsc2)no1)C(=O)O. The largest absolute Gasteiger partial charge is 0.480 e. The number of hydrogen-bond donors (Lipinski definition) is 2. The molecule has 7 heteroatoms. The molecule has 6 nitrogen and oxygen atoms in total. The Labute approximate surface area is 101 Å². The molecule has 2 aromatic rings. The van der Waals surface area contributed by atoms with Gasteiger partial charge in [0.1, 0.15) is 6.04 Å². The minimum absolute atomic E-state index is 0.241. The Morgan fingerprint density at radius 2 is 2.53 bits per heavy atom. The lowest BCUT2D eigenvalue weighted by atomic mass is 10.3. The van der Waals surface area contributed by atoms with Gasteiger partial charge in [0.15, 0.2) is 0 Å². The number of aromatic nitrogens is 2. The number of nitrogens with zero attached hydrogens (tertiary/aromatic N) is 2. The van der Waals surface area contributed by atoms with Crippen LogP contribution in [0.25, 0.3) is 11.4 Å². The lowest BCUT2D eigenvalue weighted by molar-refractivity contribution is -0.139. The fourth-order valence-corrected chi connectivity index (χ4v) is 1.80. The first-order chi connectivity index (χ1) is 8.16. The van der Waals surface area contributed by atoms with Gasteiger partial charge >= 0.3 is 5.97 Å². The van der Waals surface area contributed by atoms with Crippen LogP contribution >= 0.6 is 11.3 Å². The number of rotatable bonds is 5. The highest BCUT2D eigenvalue weighted by molar-refractivity contribution is 7.08. The highest BCUT2D eigenvalue weighted by atomic mass is 32.1. The molecule has 2 aromatic heterocycles. The number of carboxylic acid groups (broad SMARTS) is 1. The van der Waals surface area contributed by atoms with Gasteiger partial charge < -0.3 is 9.63 Å². The summed E-state index contributed by atoms with van der Waals surface area (Å²) in [6.07, 6.45) is 0. The molecule has 2 heterocycles. The van der Waals surface area contributed by atoms with Crippen LogP contribution in [0.2, 0.25) is 0 Å². The highest BCUT2D eigenvalue weighted by Crippen LogP contribution is 2.18. The predicted octanol–water partition coefficient (Wildman–Crippen LogP) is 1.36. The number of nitrogens with one attached hydrogen (secondary N) is 1. The second kappa shape index (κ2) is 5.07. The molecule has 0 bridgehead atoms. The van der Waals surface area contributed by atoms with Crippen molar-refractivity contribution in [3.8, 4) is 11.4 Å².